The Labute approximate surface area is 69.1 Å². The second-order valence-corrected chi connectivity index (χ2v) is 3.21. The lowest BCUT2D eigenvalue weighted by molar-refractivity contribution is 0.972. The van der Waals surface area contributed by atoms with E-state index in [-0.39, 0.29) is 0 Å². The quantitative estimate of drug-likeness (QED) is 0.504. The number of fused-ring (bicyclic) bond motifs is 1. The van der Waals surface area contributed by atoms with E-state index in [1.54, 1.807) is 0 Å². The summed E-state index contributed by atoms with van der Waals surface area (Å²) in [6.07, 6.45) is 2.07. The molecule has 11 heavy (non-hydrogen) atoms. The molecule has 2 heteroatoms. The molecule has 0 aliphatic carbocycles. The number of benzene rings is 1. The van der Waals surface area contributed by atoms with E-state index in [1.807, 2.05) is 19.2 Å². The minimum Gasteiger partial charge on any atom is -0.351 e. The van der Waals surface area contributed by atoms with Crippen molar-refractivity contribution < 1.29 is 0 Å². The highest BCUT2D eigenvalue weighted by molar-refractivity contribution is 6.38. The molecule has 1 aromatic heterocycles. The Hall–Kier alpha value is -1.02. The highest BCUT2D eigenvalue weighted by atomic mass is 28.1. The second-order valence-electron chi connectivity index (χ2n) is 2.67. The summed E-state index contributed by atoms with van der Waals surface area (Å²) in [6.45, 7) is 0. The average molecular weight is 158 g/mol. The van der Waals surface area contributed by atoms with Crippen LogP contribution in [0.25, 0.3) is 10.9 Å². The third-order valence-electron chi connectivity index (χ3n) is 1.90. The van der Waals surface area contributed by atoms with Crippen LogP contribution in [0.3, 0.4) is 0 Å². The molecular formula is C9H8NSi. The van der Waals surface area contributed by atoms with E-state index >= 15 is 0 Å². The number of hydrogen-bond donors (Lipinski definition) is 0. The van der Waals surface area contributed by atoms with Gasteiger partial charge in [0.05, 0.1) is 10.2 Å². The Balaban J connectivity index is 2.95. The highest BCUT2D eigenvalue weighted by Crippen LogP contribution is 2.10. The maximum Gasteiger partial charge on any atom is 0.0742 e. The van der Waals surface area contributed by atoms with E-state index in [2.05, 4.69) is 33.1 Å². The third kappa shape index (κ3) is 0.905. The molecule has 1 nitrogen and oxygen atoms in total. The first-order chi connectivity index (χ1) is 5.29. The summed E-state index contributed by atoms with van der Waals surface area (Å²) in [5, 5.41) is 2.43. The fourth-order valence-corrected chi connectivity index (χ4v) is 1.75. The van der Waals surface area contributed by atoms with Crippen molar-refractivity contribution in [1.29, 1.82) is 0 Å². The van der Waals surface area contributed by atoms with Gasteiger partial charge in [-0.2, -0.15) is 0 Å². The molecule has 0 amide bonds. The molecule has 0 saturated carbocycles. The van der Waals surface area contributed by atoms with Gasteiger partial charge in [0.1, 0.15) is 0 Å². The maximum absolute atomic E-state index is 3.55. The van der Waals surface area contributed by atoms with Crippen LogP contribution in [0.2, 0.25) is 0 Å². The summed E-state index contributed by atoms with van der Waals surface area (Å²) in [4.78, 5) is 0. The number of para-hydroxylation sites is 1. The number of aromatic nitrogens is 1. The van der Waals surface area contributed by atoms with Crippen molar-refractivity contribution in [2.24, 2.45) is 7.05 Å². The van der Waals surface area contributed by atoms with Gasteiger partial charge in [0.15, 0.2) is 0 Å². The highest BCUT2D eigenvalue weighted by Gasteiger charge is 1.99. The zero-order valence-electron chi connectivity index (χ0n) is 6.33. The van der Waals surface area contributed by atoms with Crippen molar-refractivity contribution in [3.63, 3.8) is 0 Å². The predicted octanol–water partition coefficient (Wildman–Crippen LogP) is 0.972. The molecule has 0 atom stereocenters. The lowest BCUT2D eigenvalue weighted by atomic mass is 10.2. The number of aryl methyl sites for hydroxylation is 1. The molecule has 0 bridgehead atoms. The van der Waals surface area contributed by atoms with Gasteiger partial charge in [-0.05, 0) is 16.6 Å². The van der Waals surface area contributed by atoms with Crippen LogP contribution in [0.4, 0.5) is 0 Å². The van der Waals surface area contributed by atoms with E-state index in [0.29, 0.717) is 0 Å². The third-order valence-corrected chi connectivity index (χ3v) is 2.30. The number of nitrogens with zero attached hydrogens (tertiary/aromatic N) is 1. The predicted molar refractivity (Wildman–Crippen MR) is 48.3 cm³/mol. The first-order valence-electron chi connectivity index (χ1n) is 3.55. The van der Waals surface area contributed by atoms with Gasteiger partial charge in [-0.1, -0.05) is 18.2 Å². The second kappa shape index (κ2) is 2.24. The number of hydrogen-bond acceptors (Lipinski definition) is 0. The van der Waals surface area contributed by atoms with Crippen molar-refractivity contribution in [3.8, 4) is 0 Å². The van der Waals surface area contributed by atoms with E-state index < -0.39 is 0 Å². The van der Waals surface area contributed by atoms with Gasteiger partial charge in [0.2, 0.25) is 0 Å². The van der Waals surface area contributed by atoms with Crippen LogP contribution >= 0.6 is 0 Å². The monoisotopic (exact) mass is 158 g/mol. The Morgan fingerprint density at radius 1 is 1.27 bits per heavy atom. The molecular weight excluding hydrogens is 150 g/mol. The van der Waals surface area contributed by atoms with Crippen LogP contribution in [0, 0.1) is 0 Å². The largest absolute Gasteiger partial charge is 0.351 e. The van der Waals surface area contributed by atoms with Crippen LogP contribution in [-0.2, 0) is 7.05 Å². The molecule has 53 valence electrons. The standard InChI is InChI=1S/C9H8NSi/c1-10-6-9(11)7-4-2-3-5-8(7)10/h2-6H,1H3. The lowest BCUT2D eigenvalue weighted by Crippen LogP contribution is -1.97. The Kier molecular flexibility index (Phi) is 1.36. The zero-order chi connectivity index (χ0) is 7.84. The van der Waals surface area contributed by atoms with E-state index in [1.165, 1.54) is 10.9 Å². The molecule has 2 aromatic rings. The molecule has 0 N–H and O–H groups in total. The van der Waals surface area contributed by atoms with Gasteiger partial charge >= 0.3 is 0 Å². The normalized spacial score (nSPS) is 10.7. The first-order valence-corrected chi connectivity index (χ1v) is 4.05. The molecule has 0 aliphatic rings. The van der Waals surface area contributed by atoms with Gasteiger partial charge in [0.25, 0.3) is 0 Å². The smallest absolute Gasteiger partial charge is 0.0742 e. The average Bonchev–Trinajstić information content (AvgIpc) is 2.30. The Bertz CT molecular complexity index is 353. The van der Waals surface area contributed by atoms with E-state index in [4.69, 9.17) is 0 Å². The fraction of sp³-hybridized carbons (Fsp3) is 0.111. The van der Waals surface area contributed by atoms with Crippen LogP contribution in [0.15, 0.2) is 30.5 Å². The minimum atomic E-state index is 1.16. The van der Waals surface area contributed by atoms with Crippen LogP contribution in [-0.4, -0.2) is 14.8 Å². The molecule has 1 heterocycles. The van der Waals surface area contributed by atoms with Crippen molar-refractivity contribution >= 4 is 26.3 Å². The Morgan fingerprint density at radius 3 is 2.73 bits per heavy atom. The summed E-state index contributed by atoms with van der Waals surface area (Å²) in [6, 6.07) is 8.32. The lowest BCUT2D eigenvalue weighted by Gasteiger charge is -1.92. The van der Waals surface area contributed by atoms with Crippen molar-refractivity contribution in [1.82, 2.24) is 4.57 Å². The van der Waals surface area contributed by atoms with Gasteiger partial charge in [0, 0.05) is 18.8 Å². The van der Waals surface area contributed by atoms with E-state index in [9.17, 15) is 0 Å². The molecule has 0 unspecified atom stereocenters. The summed E-state index contributed by atoms with van der Waals surface area (Å²) in [7, 11) is 5.59. The molecule has 0 saturated heterocycles. The van der Waals surface area contributed by atoms with Gasteiger partial charge in [-0.3, -0.25) is 0 Å². The molecule has 3 radical (unpaired) electrons. The molecule has 2 rings (SSSR count). The summed E-state index contributed by atoms with van der Waals surface area (Å²) < 4.78 is 2.11. The molecule has 0 aliphatic heterocycles. The minimum absolute atomic E-state index is 1.16. The van der Waals surface area contributed by atoms with Crippen molar-refractivity contribution in [2.45, 2.75) is 0 Å². The topological polar surface area (TPSA) is 4.93 Å². The molecule has 1 aromatic carbocycles. The summed E-state index contributed by atoms with van der Waals surface area (Å²) in [5.74, 6) is 0. The fourth-order valence-electron chi connectivity index (χ4n) is 1.34. The summed E-state index contributed by atoms with van der Waals surface area (Å²) in [5.41, 5.74) is 1.26. The number of rotatable bonds is 0. The summed E-state index contributed by atoms with van der Waals surface area (Å²) >= 11 is 0. The van der Waals surface area contributed by atoms with Crippen LogP contribution in [0.5, 0.6) is 0 Å². The van der Waals surface area contributed by atoms with Gasteiger partial charge < -0.3 is 4.57 Å². The SMILES string of the molecule is Cn1cc([Si])c2ccccc21. The van der Waals surface area contributed by atoms with Crippen molar-refractivity contribution in [3.05, 3.63) is 30.5 Å². The van der Waals surface area contributed by atoms with Crippen LogP contribution < -0.4 is 5.19 Å². The molecule has 0 fully saturated rings. The zero-order valence-corrected chi connectivity index (χ0v) is 7.33. The van der Waals surface area contributed by atoms with Gasteiger partial charge in [-0.15, -0.1) is 0 Å². The first kappa shape index (κ1) is 6.67. The molecule has 0 spiro atoms. The van der Waals surface area contributed by atoms with Crippen LogP contribution in [0.1, 0.15) is 0 Å². The maximum atomic E-state index is 3.55. The van der Waals surface area contributed by atoms with E-state index in [0.717, 1.165) is 5.19 Å². The van der Waals surface area contributed by atoms with Crippen molar-refractivity contribution in [2.75, 3.05) is 0 Å². The van der Waals surface area contributed by atoms with Gasteiger partial charge in [-0.25, -0.2) is 0 Å². The Morgan fingerprint density at radius 2 is 2.00 bits per heavy atom.